The van der Waals surface area contributed by atoms with Crippen molar-refractivity contribution in [2.24, 2.45) is 10.8 Å². The summed E-state index contributed by atoms with van der Waals surface area (Å²) < 4.78 is 0. The Bertz CT molecular complexity index is 518. The Hall–Kier alpha value is -2.72. The number of nitrogens with two attached hydrogens (primary N) is 1. The molecule has 0 amide bonds. The average Bonchev–Trinajstić information content (AvgIpc) is 2.34. The van der Waals surface area contributed by atoms with Gasteiger partial charge in [0.15, 0.2) is 0 Å². The van der Waals surface area contributed by atoms with Crippen molar-refractivity contribution < 1.29 is 4.92 Å². The standard InChI is InChI=1S/C10H9N5O2/c1-13-4-5-14(12)10-6-9(15(16)17)3-2-8(10)7-11/h2-6H,1,12H2/b5-4-. The number of rotatable bonds is 4. The maximum atomic E-state index is 10.6. The third kappa shape index (κ3) is 2.87. The van der Waals surface area contributed by atoms with E-state index in [2.05, 4.69) is 11.7 Å². The third-order valence-electron chi connectivity index (χ3n) is 1.92. The van der Waals surface area contributed by atoms with Crippen LogP contribution in [0.5, 0.6) is 0 Å². The second kappa shape index (κ2) is 5.39. The van der Waals surface area contributed by atoms with Gasteiger partial charge in [-0.05, 0) is 12.8 Å². The van der Waals surface area contributed by atoms with Crippen LogP contribution in [-0.2, 0) is 0 Å². The summed E-state index contributed by atoms with van der Waals surface area (Å²) in [6, 6.07) is 5.69. The molecule has 0 aliphatic heterocycles. The van der Waals surface area contributed by atoms with Crippen LogP contribution in [0.15, 0.2) is 35.6 Å². The van der Waals surface area contributed by atoms with E-state index in [1.807, 2.05) is 6.07 Å². The van der Waals surface area contributed by atoms with Crippen LogP contribution in [0.2, 0.25) is 0 Å². The van der Waals surface area contributed by atoms with E-state index in [1.54, 1.807) is 0 Å². The maximum absolute atomic E-state index is 10.6. The highest BCUT2D eigenvalue weighted by Gasteiger charge is 2.12. The number of nitrogens with zero attached hydrogens (tertiary/aromatic N) is 4. The number of benzene rings is 1. The number of aliphatic imine (C=N–C) groups is 1. The van der Waals surface area contributed by atoms with Crippen molar-refractivity contribution in [3.63, 3.8) is 0 Å². The molecule has 7 heteroatoms. The lowest BCUT2D eigenvalue weighted by Gasteiger charge is -2.14. The normalized spacial score (nSPS) is 9.88. The van der Waals surface area contributed by atoms with Crippen molar-refractivity contribution in [2.75, 3.05) is 5.01 Å². The molecule has 0 aliphatic rings. The Kier molecular flexibility index (Phi) is 3.91. The molecular formula is C10H9N5O2. The Morgan fingerprint density at radius 3 is 2.88 bits per heavy atom. The van der Waals surface area contributed by atoms with Gasteiger partial charge in [0.1, 0.15) is 6.07 Å². The molecule has 1 aromatic carbocycles. The van der Waals surface area contributed by atoms with E-state index in [4.69, 9.17) is 11.1 Å². The molecule has 1 rings (SSSR count). The fraction of sp³-hybridized carbons (Fsp3) is 0. The third-order valence-corrected chi connectivity index (χ3v) is 1.92. The van der Waals surface area contributed by atoms with Crippen LogP contribution in [0.1, 0.15) is 5.56 Å². The van der Waals surface area contributed by atoms with Gasteiger partial charge in [-0.25, -0.2) is 5.84 Å². The molecule has 0 aliphatic carbocycles. The topological polar surface area (TPSA) is 109 Å². The molecule has 86 valence electrons. The van der Waals surface area contributed by atoms with Crippen molar-refractivity contribution >= 4 is 18.1 Å². The minimum absolute atomic E-state index is 0.144. The van der Waals surface area contributed by atoms with E-state index in [9.17, 15) is 10.1 Å². The van der Waals surface area contributed by atoms with Gasteiger partial charge in [-0.3, -0.25) is 20.1 Å². The summed E-state index contributed by atoms with van der Waals surface area (Å²) in [4.78, 5) is 13.5. The molecule has 0 radical (unpaired) electrons. The van der Waals surface area contributed by atoms with Gasteiger partial charge < -0.3 is 0 Å². The summed E-state index contributed by atoms with van der Waals surface area (Å²) in [6.45, 7) is 3.22. The van der Waals surface area contributed by atoms with Gasteiger partial charge in [-0.15, -0.1) is 0 Å². The lowest BCUT2D eigenvalue weighted by atomic mass is 10.1. The van der Waals surface area contributed by atoms with Crippen LogP contribution in [0.3, 0.4) is 0 Å². The molecule has 17 heavy (non-hydrogen) atoms. The van der Waals surface area contributed by atoms with E-state index < -0.39 is 4.92 Å². The quantitative estimate of drug-likeness (QED) is 0.363. The summed E-state index contributed by atoms with van der Waals surface area (Å²) in [5, 5.41) is 20.5. The highest BCUT2D eigenvalue weighted by atomic mass is 16.6. The minimum atomic E-state index is -0.562. The molecule has 0 bridgehead atoms. The lowest BCUT2D eigenvalue weighted by molar-refractivity contribution is -0.384. The molecule has 0 saturated carbocycles. The Morgan fingerprint density at radius 2 is 2.35 bits per heavy atom. The van der Waals surface area contributed by atoms with Crippen molar-refractivity contribution in [1.82, 2.24) is 0 Å². The fourth-order valence-corrected chi connectivity index (χ4v) is 1.14. The number of hydrazine groups is 1. The molecule has 0 saturated heterocycles. The van der Waals surface area contributed by atoms with Gasteiger partial charge >= 0.3 is 0 Å². The van der Waals surface area contributed by atoms with Gasteiger partial charge in [-0.2, -0.15) is 5.26 Å². The van der Waals surface area contributed by atoms with Crippen LogP contribution in [0.25, 0.3) is 0 Å². The molecule has 0 unspecified atom stereocenters. The molecule has 0 heterocycles. The molecule has 2 N–H and O–H groups in total. The van der Waals surface area contributed by atoms with E-state index in [-0.39, 0.29) is 16.9 Å². The summed E-state index contributed by atoms with van der Waals surface area (Å²) in [6.07, 6.45) is 2.65. The zero-order chi connectivity index (χ0) is 12.8. The fourth-order valence-electron chi connectivity index (χ4n) is 1.14. The van der Waals surface area contributed by atoms with Gasteiger partial charge in [-0.1, -0.05) is 0 Å². The second-order valence-corrected chi connectivity index (χ2v) is 2.96. The number of nitriles is 1. The largest absolute Gasteiger partial charge is 0.284 e. The molecule has 0 spiro atoms. The van der Waals surface area contributed by atoms with E-state index in [0.717, 1.165) is 5.01 Å². The number of nitro groups is 1. The summed E-state index contributed by atoms with van der Waals surface area (Å²) in [7, 11) is 0. The average molecular weight is 231 g/mol. The van der Waals surface area contributed by atoms with Crippen molar-refractivity contribution in [2.45, 2.75) is 0 Å². The number of nitro benzene ring substituents is 1. The van der Waals surface area contributed by atoms with Crippen molar-refractivity contribution in [3.05, 3.63) is 46.3 Å². The number of non-ortho nitro benzene ring substituents is 1. The number of hydrogen-bond donors (Lipinski definition) is 1. The van der Waals surface area contributed by atoms with Gasteiger partial charge in [0, 0.05) is 24.5 Å². The lowest BCUT2D eigenvalue weighted by Crippen LogP contribution is -2.25. The summed E-state index contributed by atoms with van der Waals surface area (Å²) >= 11 is 0. The first-order valence-electron chi connectivity index (χ1n) is 4.45. The predicted octanol–water partition coefficient (Wildman–Crippen LogP) is 1.32. The Morgan fingerprint density at radius 1 is 1.65 bits per heavy atom. The first-order chi connectivity index (χ1) is 8.10. The molecular weight excluding hydrogens is 222 g/mol. The first-order valence-corrected chi connectivity index (χ1v) is 4.45. The van der Waals surface area contributed by atoms with Gasteiger partial charge in [0.25, 0.3) is 5.69 Å². The first kappa shape index (κ1) is 12.4. The minimum Gasteiger partial charge on any atom is -0.284 e. The predicted molar refractivity (Wildman–Crippen MR) is 63.2 cm³/mol. The monoisotopic (exact) mass is 231 g/mol. The summed E-state index contributed by atoms with van der Waals surface area (Å²) in [5.74, 6) is 5.61. The molecule has 1 aromatic rings. The SMILES string of the molecule is C=N/C=C\N(N)c1cc([N+](=O)[O-])ccc1C#N. The molecule has 0 atom stereocenters. The highest BCUT2D eigenvalue weighted by molar-refractivity contribution is 5.64. The van der Waals surface area contributed by atoms with E-state index in [1.165, 1.54) is 30.6 Å². The van der Waals surface area contributed by atoms with Crippen molar-refractivity contribution in [3.8, 4) is 6.07 Å². The van der Waals surface area contributed by atoms with Gasteiger partial charge in [0.2, 0.25) is 0 Å². The molecule has 7 nitrogen and oxygen atoms in total. The van der Waals surface area contributed by atoms with Crippen LogP contribution >= 0.6 is 0 Å². The van der Waals surface area contributed by atoms with Gasteiger partial charge in [0.05, 0.1) is 16.2 Å². The van der Waals surface area contributed by atoms with Crippen LogP contribution in [0, 0.1) is 21.4 Å². The van der Waals surface area contributed by atoms with Crippen LogP contribution in [-0.4, -0.2) is 11.6 Å². The zero-order valence-electron chi connectivity index (χ0n) is 8.78. The Balaban J connectivity index is 3.23. The Labute approximate surface area is 97.2 Å². The van der Waals surface area contributed by atoms with Crippen LogP contribution in [0.4, 0.5) is 11.4 Å². The van der Waals surface area contributed by atoms with E-state index >= 15 is 0 Å². The molecule has 0 aromatic heterocycles. The zero-order valence-corrected chi connectivity index (χ0v) is 8.78. The second-order valence-electron chi connectivity index (χ2n) is 2.96. The smallest absolute Gasteiger partial charge is 0.271 e. The maximum Gasteiger partial charge on any atom is 0.271 e. The van der Waals surface area contributed by atoms with E-state index in [0.29, 0.717) is 0 Å². The van der Waals surface area contributed by atoms with Crippen LogP contribution < -0.4 is 10.9 Å². The number of anilines is 1. The number of hydrogen-bond acceptors (Lipinski definition) is 6. The van der Waals surface area contributed by atoms with Crippen molar-refractivity contribution in [1.29, 1.82) is 5.26 Å². The molecule has 0 fully saturated rings. The highest BCUT2D eigenvalue weighted by Crippen LogP contribution is 2.24. The summed E-state index contributed by atoms with van der Waals surface area (Å²) in [5.41, 5.74) is 0.308.